The number of azo groups is 2. The lowest BCUT2D eigenvalue weighted by Gasteiger charge is -2.10. The molecule has 19 heteroatoms. The van der Waals surface area contributed by atoms with Crippen molar-refractivity contribution in [1.82, 2.24) is 0 Å². The summed E-state index contributed by atoms with van der Waals surface area (Å²) in [5, 5.41) is 17.6. The fourth-order valence-corrected chi connectivity index (χ4v) is 6.39. The van der Waals surface area contributed by atoms with E-state index in [1.165, 1.54) is 68.8 Å². The molecule has 0 bridgehead atoms. The van der Waals surface area contributed by atoms with Gasteiger partial charge in [-0.1, -0.05) is 12.1 Å². The Morgan fingerprint density at radius 1 is 0.553 bits per heavy atom. The van der Waals surface area contributed by atoms with E-state index in [0.29, 0.717) is 22.5 Å². The molecule has 0 fully saturated rings. The summed E-state index contributed by atoms with van der Waals surface area (Å²) in [5.41, 5.74) is 7.08. The molecule has 0 aliphatic heterocycles. The first kappa shape index (κ1) is 33.3. The van der Waals surface area contributed by atoms with Gasteiger partial charge in [-0.05, 0) is 53.9 Å². The van der Waals surface area contributed by atoms with Crippen molar-refractivity contribution in [2.75, 3.05) is 20.0 Å². The Kier molecular flexibility index (Phi) is 8.71. The second kappa shape index (κ2) is 12.3. The highest BCUT2D eigenvalue weighted by molar-refractivity contribution is 7.87. The second-order valence-electron chi connectivity index (χ2n) is 9.73. The van der Waals surface area contributed by atoms with E-state index in [0.717, 1.165) is 6.07 Å². The molecule has 0 atom stereocenters. The summed E-state index contributed by atoms with van der Waals surface area (Å²) in [7, 11) is -11.4. The van der Waals surface area contributed by atoms with Crippen molar-refractivity contribution in [3.05, 3.63) is 72.8 Å². The normalized spacial score (nSPS) is 12.8. The lowest BCUT2D eigenvalue weighted by molar-refractivity contribution is 0.405. The van der Waals surface area contributed by atoms with Crippen LogP contribution in [0.15, 0.2) is 108 Å². The first-order valence-corrected chi connectivity index (χ1v) is 17.2. The maximum atomic E-state index is 12.0. The number of benzene rings is 5. The number of nitrogens with two attached hydrogens (primary N) is 1. The molecular weight excluding hydrogens is 679 g/mol. The van der Waals surface area contributed by atoms with Crippen LogP contribution in [0.4, 0.5) is 28.4 Å². The number of rotatable bonds is 9. The standard InChI is InChI=1S/C28H23N5O11S3/c1-43-26-14-25(33-31-23-8-7-22(29)21-11-17(45(34,35)36)5-6-19(21)23)27(44-2)13-24(26)32-30-16-4-3-15-9-18(46(37,38)39)12-28(20(15)10-16)47(40,41)42/h3-14H,29H2,1-2H3,(H,34,35,36)(H,37,38,39)(H,40,41,42). The average Bonchev–Trinajstić information content (AvgIpc) is 3.01. The summed E-state index contributed by atoms with van der Waals surface area (Å²) >= 11 is 0. The number of fused-ring (bicyclic) bond motifs is 2. The number of methoxy groups -OCH3 is 2. The lowest BCUT2D eigenvalue weighted by Crippen LogP contribution is -2.04. The molecule has 0 saturated heterocycles. The maximum absolute atomic E-state index is 12.0. The maximum Gasteiger partial charge on any atom is 0.295 e. The molecule has 5 aromatic rings. The van der Waals surface area contributed by atoms with Crippen molar-refractivity contribution in [2.24, 2.45) is 20.5 Å². The topological polar surface area (TPSA) is 257 Å². The van der Waals surface area contributed by atoms with Crippen LogP contribution in [0.2, 0.25) is 0 Å². The molecule has 0 aliphatic carbocycles. The van der Waals surface area contributed by atoms with Crippen molar-refractivity contribution in [3.8, 4) is 11.5 Å². The number of hydrogen-bond donors (Lipinski definition) is 4. The van der Waals surface area contributed by atoms with E-state index in [-0.39, 0.29) is 49.9 Å². The summed E-state index contributed by atoms with van der Waals surface area (Å²) in [6.07, 6.45) is 0. The number of nitrogen functional groups attached to an aromatic ring is 1. The van der Waals surface area contributed by atoms with Crippen LogP contribution in [0.25, 0.3) is 21.5 Å². The van der Waals surface area contributed by atoms with E-state index in [4.69, 9.17) is 15.2 Å². The Morgan fingerprint density at radius 3 is 1.72 bits per heavy atom. The van der Waals surface area contributed by atoms with E-state index in [1.54, 1.807) is 6.07 Å². The van der Waals surface area contributed by atoms with Gasteiger partial charge in [0.2, 0.25) is 0 Å². The molecule has 5 aromatic carbocycles. The van der Waals surface area contributed by atoms with Crippen LogP contribution in [-0.2, 0) is 30.4 Å². The summed E-state index contributed by atoms with van der Waals surface area (Å²) in [6, 6.07) is 15.5. The zero-order valence-corrected chi connectivity index (χ0v) is 26.6. The van der Waals surface area contributed by atoms with Gasteiger partial charge in [0, 0.05) is 34.0 Å². The molecule has 0 aliphatic rings. The third-order valence-electron chi connectivity index (χ3n) is 6.76. The summed E-state index contributed by atoms with van der Waals surface area (Å²) in [4.78, 5) is -1.82. The highest BCUT2D eigenvalue weighted by Gasteiger charge is 2.21. The molecule has 5 rings (SSSR count). The van der Waals surface area contributed by atoms with E-state index >= 15 is 0 Å². The molecule has 0 spiro atoms. The van der Waals surface area contributed by atoms with Crippen molar-refractivity contribution in [1.29, 1.82) is 0 Å². The van der Waals surface area contributed by atoms with Crippen molar-refractivity contribution < 1.29 is 48.4 Å². The Bertz CT molecular complexity index is 2480. The molecule has 0 aromatic heterocycles. The third kappa shape index (κ3) is 7.04. The van der Waals surface area contributed by atoms with Gasteiger partial charge in [-0.3, -0.25) is 13.7 Å². The first-order chi connectivity index (χ1) is 22.0. The second-order valence-corrected chi connectivity index (χ2v) is 14.0. The molecule has 16 nitrogen and oxygen atoms in total. The van der Waals surface area contributed by atoms with Gasteiger partial charge in [-0.15, -0.1) is 15.3 Å². The highest BCUT2D eigenvalue weighted by Crippen LogP contribution is 2.42. The minimum Gasteiger partial charge on any atom is -0.494 e. The molecule has 0 radical (unpaired) electrons. The molecule has 244 valence electrons. The number of nitrogens with zero attached hydrogens (tertiary/aromatic N) is 4. The Morgan fingerprint density at radius 2 is 1.15 bits per heavy atom. The Hall–Kier alpha value is -5.05. The van der Waals surface area contributed by atoms with Gasteiger partial charge >= 0.3 is 0 Å². The fourth-order valence-electron chi connectivity index (χ4n) is 4.53. The molecule has 0 amide bonds. The molecular formula is C28H23N5O11S3. The zero-order valence-electron chi connectivity index (χ0n) is 24.1. The lowest BCUT2D eigenvalue weighted by atomic mass is 10.1. The molecule has 0 unspecified atom stereocenters. The van der Waals surface area contributed by atoms with E-state index < -0.39 is 40.1 Å². The van der Waals surface area contributed by atoms with Crippen LogP contribution >= 0.6 is 0 Å². The van der Waals surface area contributed by atoms with Crippen molar-refractivity contribution in [3.63, 3.8) is 0 Å². The third-order valence-corrected chi connectivity index (χ3v) is 9.34. The molecule has 0 saturated carbocycles. The number of hydrogen-bond acceptors (Lipinski definition) is 13. The van der Waals surface area contributed by atoms with Crippen LogP contribution in [0.5, 0.6) is 11.5 Å². The predicted molar refractivity (Wildman–Crippen MR) is 170 cm³/mol. The molecule has 47 heavy (non-hydrogen) atoms. The van der Waals surface area contributed by atoms with Gasteiger partial charge in [0.25, 0.3) is 30.4 Å². The summed E-state index contributed by atoms with van der Waals surface area (Å²) in [5.74, 6) is 0.377. The zero-order chi connectivity index (χ0) is 34.3. The van der Waals surface area contributed by atoms with E-state index in [9.17, 15) is 38.9 Å². The van der Waals surface area contributed by atoms with Gasteiger partial charge in [0.05, 0.1) is 35.4 Å². The molecule has 5 N–H and O–H groups in total. The van der Waals surface area contributed by atoms with Crippen LogP contribution in [0.1, 0.15) is 0 Å². The minimum atomic E-state index is -4.91. The van der Waals surface area contributed by atoms with Gasteiger partial charge in [0.15, 0.2) is 0 Å². The smallest absolute Gasteiger partial charge is 0.295 e. The van der Waals surface area contributed by atoms with Crippen LogP contribution in [0.3, 0.4) is 0 Å². The molecule has 0 heterocycles. The Labute approximate surface area is 267 Å². The minimum absolute atomic E-state index is 0.0772. The number of ether oxygens (including phenoxy) is 2. The van der Waals surface area contributed by atoms with Crippen molar-refractivity contribution in [2.45, 2.75) is 14.7 Å². The van der Waals surface area contributed by atoms with Gasteiger partial charge in [-0.2, -0.15) is 30.4 Å². The quantitative estimate of drug-likeness (QED) is 0.0765. The highest BCUT2D eigenvalue weighted by atomic mass is 32.2. The van der Waals surface area contributed by atoms with Crippen LogP contribution in [0, 0.1) is 0 Å². The monoisotopic (exact) mass is 701 g/mol. The van der Waals surface area contributed by atoms with Crippen LogP contribution < -0.4 is 15.2 Å². The SMILES string of the molecule is COc1cc(N=Nc2ccc(N)c3cc(S(=O)(=O)O)ccc23)c(OC)cc1N=Nc1ccc2cc(S(=O)(=O)O)cc(S(=O)(=O)O)c2c1. The van der Waals surface area contributed by atoms with Crippen LogP contribution in [-0.4, -0.2) is 53.1 Å². The van der Waals surface area contributed by atoms with Crippen molar-refractivity contribution >= 4 is 80.3 Å². The first-order valence-electron chi connectivity index (χ1n) is 12.9. The average molecular weight is 702 g/mol. The largest absolute Gasteiger partial charge is 0.494 e. The van der Waals surface area contributed by atoms with E-state index in [2.05, 4.69) is 20.5 Å². The summed E-state index contributed by atoms with van der Waals surface area (Å²) < 4.78 is 110. The fraction of sp³-hybridized carbons (Fsp3) is 0.0714. The predicted octanol–water partition coefficient (Wildman–Crippen LogP) is 6.16. The summed E-state index contributed by atoms with van der Waals surface area (Å²) in [6.45, 7) is 0. The van der Waals surface area contributed by atoms with Gasteiger partial charge in [-0.25, -0.2) is 0 Å². The number of anilines is 1. The van der Waals surface area contributed by atoms with E-state index in [1.807, 2.05) is 0 Å². The van der Waals surface area contributed by atoms with Gasteiger partial charge < -0.3 is 15.2 Å². The Balaban J connectivity index is 1.52. The van der Waals surface area contributed by atoms with Gasteiger partial charge in [0.1, 0.15) is 27.8 Å².